The van der Waals surface area contributed by atoms with Gasteiger partial charge in [0.05, 0.1) is 13.2 Å². The molecule has 0 aromatic carbocycles. The fourth-order valence-electron chi connectivity index (χ4n) is 4.24. The van der Waals surface area contributed by atoms with Crippen molar-refractivity contribution in [3.63, 3.8) is 0 Å². The summed E-state index contributed by atoms with van der Waals surface area (Å²) in [6.07, 6.45) is 32.3. The fraction of sp³-hybridized carbons (Fsp3) is 0.903. The first-order valence-corrected chi connectivity index (χ1v) is 15.1. The second-order valence-corrected chi connectivity index (χ2v) is 10.5. The van der Waals surface area contributed by atoms with E-state index in [1.54, 1.807) is 0 Å². The molecule has 202 valence electrons. The van der Waals surface area contributed by atoms with Gasteiger partial charge in [0.25, 0.3) is 0 Å². The van der Waals surface area contributed by atoms with Crippen molar-refractivity contribution in [1.82, 2.24) is 0 Å². The van der Waals surface area contributed by atoms with Gasteiger partial charge in [0, 0.05) is 0 Å². The van der Waals surface area contributed by atoms with Gasteiger partial charge in [0.1, 0.15) is 0 Å². The molecule has 0 spiro atoms. The van der Waals surface area contributed by atoms with Crippen LogP contribution in [0.3, 0.4) is 0 Å². The second-order valence-electron chi connectivity index (χ2n) is 10.5. The molecule has 0 rings (SSSR count). The van der Waals surface area contributed by atoms with Crippen molar-refractivity contribution in [2.45, 2.75) is 162 Å². The Labute approximate surface area is 213 Å². The monoisotopic (exact) mass is 480 g/mol. The highest BCUT2D eigenvalue weighted by Crippen LogP contribution is 2.13. The summed E-state index contributed by atoms with van der Waals surface area (Å²) in [5, 5.41) is 0. The molecule has 0 atom stereocenters. The van der Waals surface area contributed by atoms with Crippen LogP contribution in [0.5, 0.6) is 0 Å². The molecule has 0 amide bonds. The molecule has 0 aliphatic carbocycles. The summed E-state index contributed by atoms with van der Waals surface area (Å²) < 4.78 is 10.4. The molecule has 0 aliphatic rings. The average Bonchev–Trinajstić information content (AvgIpc) is 2.82. The first-order valence-electron chi connectivity index (χ1n) is 15.1. The maximum Gasteiger partial charge on any atom is 0.508 e. The van der Waals surface area contributed by atoms with Gasteiger partial charge < -0.3 is 9.47 Å². The van der Waals surface area contributed by atoms with E-state index in [1.807, 2.05) is 0 Å². The van der Waals surface area contributed by atoms with Crippen LogP contribution < -0.4 is 0 Å². The third-order valence-electron chi connectivity index (χ3n) is 6.52. The van der Waals surface area contributed by atoms with E-state index >= 15 is 0 Å². The van der Waals surface area contributed by atoms with E-state index in [0.29, 0.717) is 13.2 Å². The molecule has 0 N–H and O–H groups in total. The Morgan fingerprint density at radius 1 is 0.559 bits per heavy atom. The van der Waals surface area contributed by atoms with Crippen LogP contribution in [0, 0.1) is 5.92 Å². The number of carbonyl (C=O) groups excluding carboxylic acids is 1. The lowest BCUT2D eigenvalue weighted by Gasteiger charge is -2.07. The number of carbonyl (C=O) groups is 1. The standard InChI is InChI=1S/C31H60O3/c1-4-5-6-7-8-9-10-11-12-13-16-19-22-25-28-33-31(32)34-29-26-23-20-17-14-15-18-21-24-27-30(2)3/h9-10,30H,4-8,11-29H2,1-3H3. The first kappa shape index (κ1) is 33.0. The van der Waals surface area contributed by atoms with Crippen molar-refractivity contribution in [3.05, 3.63) is 12.2 Å². The predicted octanol–water partition coefficient (Wildman–Crippen LogP) is 11.0. The number of ether oxygens (including phenoxy) is 2. The molecule has 0 aromatic rings. The van der Waals surface area contributed by atoms with Gasteiger partial charge in [-0.05, 0) is 44.4 Å². The summed E-state index contributed by atoms with van der Waals surface area (Å²) >= 11 is 0. The van der Waals surface area contributed by atoms with Crippen LogP contribution in [-0.4, -0.2) is 19.4 Å². The number of allylic oxidation sites excluding steroid dienone is 2. The minimum atomic E-state index is -0.483. The lowest BCUT2D eigenvalue weighted by molar-refractivity contribution is 0.0529. The molecule has 0 saturated carbocycles. The largest absolute Gasteiger partial charge is 0.508 e. The molecular weight excluding hydrogens is 420 g/mol. The summed E-state index contributed by atoms with van der Waals surface area (Å²) in [6, 6.07) is 0. The van der Waals surface area contributed by atoms with E-state index in [0.717, 1.165) is 31.6 Å². The minimum Gasteiger partial charge on any atom is -0.434 e. The molecule has 3 nitrogen and oxygen atoms in total. The number of unbranched alkanes of at least 4 members (excludes halogenated alkanes) is 18. The molecule has 0 aromatic heterocycles. The molecule has 34 heavy (non-hydrogen) atoms. The quantitative estimate of drug-likeness (QED) is 0.0701. The van der Waals surface area contributed by atoms with Crippen molar-refractivity contribution < 1.29 is 14.3 Å². The lowest BCUT2D eigenvalue weighted by Crippen LogP contribution is -2.09. The Bertz CT molecular complexity index is 430. The zero-order chi connectivity index (χ0) is 25.0. The molecule has 0 unspecified atom stereocenters. The van der Waals surface area contributed by atoms with E-state index in [2.05, 4.69) is 32.9 Å². The maximum atomic E-state index is 11.6. The molecule has 0 fully saturated rings. The van der Waals surface area contributed by atoms with Gasteiger partial charge in [0.15, 0.2) is 0 Å². The molecule has 3 heteroatoms. The van der Waals surface area contributed by atoms with Gasteiger partial charge in [-0.2, -0.15) is 0 Å². The van der Waals surface area contributed by atoms with Crippen molar-refractivity contribution in [2.75, 3.05) is 13.2 Å². The van der Waals surface area contributed by atoms with Crippen molar-refractivity contribution in [3.8, 4) is 0 Å². The highest BCUT2D eigenvalue weighted by molar-refractivity contribution is 5.59. The first-order chi connectivity index (χ1) is 16.7. The summed E-state index contributed by atoms with van der Waals surface area (Å²) in [4.78, 5) is 11.6. The smallest absolute Gasteiger partial charge is 0.434 e. The van der Waals surface area contributed by atoms with E-state index in [9.17, 15) is 4.79 Å². The Balaban J connectivity index is 3.19. The Morgan fingerprint density at radius 2 is 0.941 bits per heavy atom. The van der Waals surface area contributed by atoms with Crippen LogP contribution in [0.25, 0.3) is 0 Å². The lowest BCUT2D eigenvalue weighted by atomic mass is 10.0. The highest BCUT2D eigenvalue weighted by Gasteiger charge is 2.03. The maximum absolute atomic E-state index is 11.6. The van der Waals surface area contributed by atoms with Gasteiger partial charge in [-0.3, -0.25) is 0 Å². The van der Waals surface area contributed by atoms with E-state index in [-0.39, 0.29) is 0 Å². The summed E-state index contributed by atoms with van der Waals surface area (Å²) in [7, 11) is 0. The number of rotatable bonds is 26. The van der Waals surface area contributed by atoms with Gasteiger partial charge in [0.2, 0.25) is 0 Å². The van der Waals surface area contributed by atoms with Crippen LogP contribution in [0.2, 0.25) is 0 Å². The predicted molar refractivity (Wildman–Crippen MR) is 149 cm³/mol. The van der Waals surface area contributed by atoms with Gasteiger partial charge in [-0.15, -0.1) is 0 Å². The van der Waals surface area contributed by atoms with E-state index in [4.69, 9.17) is 9.47 Å². The molecular formula is C31H60O3. The highest BCUT2D eigenvalue weighted by atomic mass is 16.7. The Morgan fingerprint density at radius 3 is 1.38 bits per heavy atom. The van der Waals surface area contributed by atoms with Gasteiger partial charge >= 0.3 is 6.16 Å². The normalized spacial score (nSPS) is 11.5. The fourth-order valence-corrected chi connectivity index (χ4v) is 4.24. The van der Waals surface area contributed by atoms with E-state index in [1.165, 1.54) is 116 Å². The average molecular weight is 481 g/mol. The summed E-state index contributed by atoms with van der Waals surface area (Å²) in [6.45, 7) is 7.88. The number of hydrogen-bond acceptors (Lipinski definition) is 3. The molecule has 0 radical (unpaired) electrons. The topological polar surface area (TPSA) is 35.5 Å². The third-order valence-corrected chi connectivity index (χ3v) is 6.52. The summed E-state index contributed by atoms with van der Waals surface area (Å²) in [5.74, 6) is 0.849. The minimum absolute atomic E-state index is 0.483. The van der Waals surface area contributed by atoms with Gasteiger partial charge in [-0.1, -0.05) is 136 Å². The second kappa shape index (κ2) is 28.2. The molecule has 0 bridgehead atoms. The van der Waals surface area contributed by atoms with Crippen molar-refractivity contribution in [1.29, 1.82) is 0 Å². The van der Waals surface area contributed by atoms with Crippen molar-refractivity contribution in [2.24, 2.45) is 5.92 Å². The third kappa shape index (κ3) is 29.0. The molecule has 0 saturated heterocycles. The SMILES string of the molecule is CCCCCCC=CCCCCCCCCOC(=O)OCCCCCCCCCCCC(C)C. The number of hydrogen-bond donors (Lipinski definition) is 0. The Kier molecular flexibility index (Phi) is 27.4. The van der Waals surface area contributed by atoms with Crippen LogP contribution in [0.15, 0.2) is 12.2 Å². The van der Waals surface area contributed by atoms with Crippen LogP contribution in [0.4, 0.5) is 4.79 Å². The zero-order valence-electron chi connectivity index (χ0n) is 23.4. The van der Waals surface area contributed by atoms with E-state index < -0.39 is 6.16 Å². The van der Waals surface area contributed by atoms with Crippen molar-refractivity contribution >= 4 is 6.16 Å². The molecule has 0 heterocycles. The Hall–Kier alpha value is -0.990. The zero-order valence-corrected chi connectivity index (χ0v) is 23.4. The molecule has 0 aliphatic heterocycles. The van der Waals surface area contributed by atoms with Crippen LogP contribution in [-0.2, 0) is 9.47 Å². The summed E-state index contributed by atoms with van der Waals surface area (Å²) in [5.41, 5.74) is 0. The van der Waals surface area contributed by atoms with Crippen LogP contribution >= 0.6 is 0 Å². The van der Waals surface area contributed by atoms with Gasteiger partial charge in [-0.25, -0.2) is 4.79 Å². The van der Waals surface area contributed by atoms with Crippen LogP contribution in [0.1, 0.15) is 162 Å².